The average Bonchev–Trinajstić information content (AvgIpc) is 2.79. The molecule has 0 radical (unpaired) electrons. The Morgan fingerprint density at radius 1 is 0.839 bits per heavy atom. The molecule has 1 N–H and O–H groups in total. The van der Waals surface area contributed by atoms with E-state index in [-0.39, 0.29) is 12.1 Å². The van der Waals surface area contributed by atoms with E-state index in [4.69, 9.17) is 18.9 Å². The van der Waals surface area contributed by atoms with E-state index in [0.29, 0.717) is 34.1 Å². The minimum Gasteiger partial charge on any atom is -0.497 e. The van der Waals surface area contributed by atoms with Crippen molar-refractivity contribution in [2.75, 3.05) is 28.4 Å². The zero-order valence-electron chi connectivity index (χ0n) is 17.6. The number of imide groups is 2. The zero-order chi connectivity index (χ0) is 22.5. The van der Waals surface area contributed by atoms with E-state index < -0.39 is 17.8 Å². The molecule has 9 heteroatoms. The summed E-state index contributed by atoms with van der Waals surface area (Å²) in [6.07, 6.45) is 1.35. The number of carbonyl (C=O) groups excluding carboxylic acids is 3. The van der Waals surface area contributed by atoms with E-state index in [9.17, 15) is 14.4 Å². The Morgan fingerprint density at radius 2 is 1.45 bits per heavy atom. The third kappa shape index (κ3) is 4.45. The van der Waals surface area contributed by atoms with Gasteiger partial charge in [-0.05, 0) is 29.8 Å². The molecule has 1 aliphatic heterocycles. The van der Waals surface area contributed by atoms with Crippen molar-refractivity contribution in [3.63, 3.8) is 0 Å². The second-order valence-electron chi connectivity index (χ2n) is 6.51. The lowest BCUT2D eigenvalue weighted by Crippen LogP contribution is -2.53. The van der Waals surface area contributed by atoms with Gasteiger partial charge in [0.2, 0.25) is 0 Å². The highest BCUT2D eigenvalue weighted by atomic mass is 16.5. The van der Waals surface area contributed by atoms with Crippen LogP contribution in [-0.2, 0) is 16.1 Å². The topological polar surface area (TPSA) is 103 Å². The molecule has 162 valence electrons. The quantitative estimate of drug-likeness (QED) is 0.536. The third-order valence-electron chi connectivity index (χ3n) is 4.72. The number of ether oxygens (including phenoxy) is 4. The first-order valence-corrected chi connectivity index (χ1v) is 9.23. The minimum atomic E-state index is -0.794. The molecule has 0 saturated carbocycles. The third-order valence-corrected chi connectivity index (χ3v) is 4.72. The Balaban J connectivity index is 1.96. The van der Waals surface area contributed by atoms with Crippen LogP contribution in [0.1, 0.15) is 11.1 Å². The number of nitrogens with zero attached hydrogens (tertiary/aromatic N) is 1. The van der Waals surface area contributed by atoms with Gasteiger partial charge in [-0.15, -0.1) is 0 Å². The van der Waals surface area contributed by atoms with Crippen molar-refractivity contribution in [2.24, 2.45) is 0 Å². The molecule has 31 heavy (non-hydrogen) atoms. The maximum absolute atomic E-state index is 13.0. The first-order valence-electron chi connectivity index (χ1n) is 9.23. The predicted molar refractivity (Wildman–Crippen MR) is 111 cm³/mol. The molecular formula is C22H22N2O7. The first-order chi connectivity index (χ1) is 14.9. The highest BCUT2D eigenvalue weighted by Crippen LogP contribution is 2.36. The molecule has 4 amide bonds. The van der Waals surface area contributed by atoms with Crippen LogP contribution in [0.25, 0.3) is 6.08 Å². The molecule has 2 aromatic rings. The molecule has 3 rings (SSSR count). The fraction of sp³-hybridized carbons (Fsp3) is 0.227. The first kappa shape index (κ1) is 21.7. The summed E-state index contributed by atoms with van der Waals surface area (Å²) in [5.41, 5.74) is 0.901. The lowest BCUT2D eigenvalue weighted by molar-refractivity contribution is -0.130. The van der Waals surface area contributed by atoms with Gasteiger partial charge >= 0.3 is 6.03 Å². The van der Waals surface area contributed by atoms with Gasteiger partial charge in [0.25, 0.3) is 11.8 Å². The number of barbiturate groups is 1. The second kappa shape index (κ2) is 9.21. The summed E-state index contributed by atoms with van der Waals surface area (Å²) in [4.78, 5) is 38.7. The minimum absolute atomic E-state index is 0.0116. The summed E-state index contributed by atoms with van der Waals surface area (Å²) in [6.45, 7) is -0.0116. The van der Waals surface area contributed by atoms with Crippen molar-refractivity contribution in [3.8, 4) is 23.0 Å². The highest BCUT2D eigenvalue weighted by Gasteiger charge is 2.36. The fourth-order valence-corrected chi connectivity index (χ4v) is 3.07. The molecule has 0 atom stereocenters. The lowest BCUT2D eigenvalue weighted by atomic mass is 10.0. The van der Waals surface area contributed by atoms with Crippen LogP contribution in [0.2, 0.25) is 0 Å². The molecular weight excluding hydrogens is 404 g/mol. The SMILES string of the molecule is COc1ccc(CN2C(=O)NC(=O)/C(=C/c3cc(OC)c(OC)cc3OC)C2=O)cc1. The summed E-state index contributed by atoms with van der Waals surface area (Å²) < 4.78 is 21.0. The summed E-state index contributed by atoms with van der Waals surface area (Å²) in [6, 6.07) is 9.28. The maximum Gasteiger partial charge on any atom is 0.331 e. The normalized spacial score (nSPS) is 15.0. The van der Waals surface area contributed by atoms with Gasteiger partial charge in [0, 0.05) is 11.6 Å². The van der Waals surface area contributed by atoms with Crippen molar-refractivity contribution in [3.05, 3.63) is 53.1 Å². The Hall–Kier alpha value is -4.01. The molecule has 0 unspecified atom stereocenters. The Morgan fingerprint density at radius 3 is 2.03 bits per heavy atom. The van der Waals surface area contributed by atoms with Gasteiger partial charge in [-0.3, -0.25) is 19.8 Å². The Bertz CT molecular complexity index is 1040. The van der Waals surface area contributed by atoms with Gasteiger partial charge in [0.05, 0.1) is 35.0 Å². The molecule has 9 nitrogen and oxygen atoms in total. The lowest BCUT2D eigenvalue weighted by Gasteiger charge is -2.26. The van der Waals surface area contributed by atoms with Crippen molar-refractivity contribution in [1.29, 1.82) is 0 Å². The van der Waals surface area contributed by atoms with Gasteiger partial charge in [0.1, 0.15) is 17.1 Å². The van der Waals surface area contributed by atoms with Crippen molar-refractivity contribution >= 4 is 23.9 Å². The molecule has 2 aromatic carbocycles. The molecule has 1 aliphatic rings. The Kier molecular flexibility index (Phi) is 6.44. The predicted octanol–water partition coefficient (Wildman–Crippen LogP) is 2.38. The van der Waals surface area contributed by atoms with Crippen LogP contribution < -0.4 is 24.3 Å². The zero-order valence-corrected chi connectivity index (χ0v) is 17.6. The number of rotatable bonds is 7. The second-order valence-corrected chi connectivity index (χ2v) is 6.51. The smallest absolute Gasteiger partial charge is 0.331 e. The summed E-state index contributed by atoms with van der Waals surface area (Å²) in [5.74, 6) is 0.320. The summed E-state index contributed by atoms with van der Waals surface area (Å²) >= 11 is 0. The monoisotopic (exact) mass is 426 g/mol. The fourth-order valence-electron chi connectivity index (χ4n) is 3.07. The van der Waals surface area contributed by atoms with Gasteiger partial charge < -0.3 is 18.9 Å². The number of nitrogens with one attached hydrogen (secondary N) is 1. The van der Waals surface area contributed by atoms with Crippen molar-refractivity contribution < 1.29 is 33.3 Å². The average molecular weight is 426 g/mol. The molecule has 0 bridgehead atoms. The van der Waals surface area contributed by atoms with E-state index >= 15 is 0 Å². The van der Waals surface area contributed by atoms with Crippen LogP contribution in [0, 0.1) is 0 Å². The highest BCUT2D eigenvalue weighted by molar-refractivity contribution is 6.31. The van der Waals surface area contributed by atoms with Gasteiger partial charge in [-0.2, -0.15) is 0 Å². The molecule has 1 saturated heterocycles. The maximum atomic E-state index is 13.0. The van der Waals surface area contributed by atoms with E-state index in [1.54, 1.807) is 43.5 Å². The van der Waals surface area contributed by atoms with Gasteiger partial charge in [-0.1, -0.05) is 12.1 Å². The standard InChI is InChI=1S/C22H22N2O7/c1-28-15-7-5-13(6-8-15)12-24-21(26)16(20(25)23-22(24)27)9-14-10-18(30-3)19(31-4)11-17(14)29-2/h5-11H,12H2,1-4H3,(H,23,25,27)/b16-9-. The van der Waals surface area contributed by atoms with Crippen LogP contribution in [-0.4, -0.2) is 51.2 Å². The summed E-state index contributed by atoms with van der Waals surface area (Å²) in [5, 5.41) is 2.20. The van der Waals surface area contributed by atoms with E-state index in [1.807, 2.05) is 0 Å². The number of hydrogen-bond acceptors (Lipinski definition) is 7. The van der Waals surface area contributed by atoms with E-state index in [1.165, 1.54) is 27.4 Å². The number of amides is 4. The van der Waals surface area contributed by atoms with Gasteiger partial charge in [-0.25, -0.2) is 4.79 Å². The van der Waals surface area contributed by atoms with Gasteiger partial charge in [0.15, 0.2) is 11.5 Å². The molecule has 0 spiro atoms. The largest absolute Gasteiger partial charge is 0.497 e. The van der Waals surface area contributed by atoms with Crippen LogP contribution in [0.3, 0.4) is 0 Å². The van der Waals surface area contributed by atoms with Crippen molar-refractivity contribution in [1.82, 2.24) is 10.2 Å². The van der Waals surface area contributed by atoms with E-state index in [0.717, 1.165) is 4.90 Å². The number of hydrogen-bond donors (Lipinski definition) is 1. The van der Waals surface area contributed by atoms with E-state index in [2.05, 4.69) is 5.32 Å². The van der Waals surface area contributed by atoms with Crippen molar-refractivity contribution in [2.45, 2.75) is 6.54 Å². The number of carbonyl (C=O) groups is 3. The number of urea groups is 1. The molecule has 0 aliphatic carbocycles. The molecule has 1 heterocycles. The molecule has 1 fully saturated rings. The van der Waals surface area contributed by atoms with Crippen LogP contribution in [0.5, 0.6) is 23.0 Å². The Labute approximate surface area is 179 Å². The van der Waals surface area contributed by atoms with Crippen LogP contribution in [0.15, 0.2) is 42.0 Å². The summed E-state index contributed by atoms with van der Waals surface area (Å²) in [7, 11) is 5.94. The number of benzene rings is 2. The van der Waals surface area contributed by atoms with Crippen LogP contribution in [0.4, 0.5) is 4.79 Å². The molecule has 0 aromatic heterocycles. The van der Waals surface area contributed by atoms with Crippen LogP contribution >= 0.6 is 0 Å². The number of methoxy groups -OCH3 is 4.